The van der Waals surface area contributed by atoms with Crippen LogP contribution in [0.15, 0.2) is 18.2 Å². The van der Waals surface area contributed by atoms with E-state index in [-0.39, 0.29) is 11.8 Å². The third kappa shape index (κ3) is 2.18. The van der Waals surface area contributed by atoms with E-state index >= 15 is 0 Å². The average molecular weight is 346 g/mol. The molecule has 1 fully saturated rings. The normalized spacial score (nSPS) is 19.9. The van der Waals surface area contributed by atoms with Crippen molar-refractivity contribution in [2.45, 2.75) is 6.42 Å². The predicted octanol–water partition coefficient (Wildman–Crippen LogP) is 2.93. The Morgan fingerprint density at radius 2 is 2.31 bits per heavy atom. The Morgan fingerprint density at radius 3 is 2.94 bits per heavy atom. The summed E-state index contributed by atoms with van der Waals surface area (Å²) in [6.07, 6.45) is 5.78. The summed E-state index contributed by atoms with van der Waals surface area (Å²) < 4.78 is 1.01. The minimum Gasteiger partial charge on any atom is -0.310 e. The molecule has 1 heterocycles. The summed E-state index contributed by atoms with van der Waals surface area (Å²) in [7, 11) is 0. The van der Waals surface area contributed by atoms with E-state index in [0.29, 0.717) is 18.0 Å². The third-order valence-electron chi connectivity index (χ3n) is 2.56. The Hall–Kier alpha value is -0.730. The van der Waals surface area contributed by atoms with Gasteiger partial charge in [0.15, 0.2) is 0 Å². The predicted molar refractivity (Wildman–Crippen MR) is 73.5 cm³/mol. The van der Waals surface area contributed by atoms with Crippen molar-refractivity contribution in [1.29, 1.82) is 0 Å². The number of halogens is 2. The molecule has 82 valence electrons. The fourth-order valence-corrected chi connectivity index (χ4v) is 2.54. The summed E-state index contributed by atoms with van der Waals surface area (Å²) in [5.41, 5.74) is 0.857. The number of hydrogen-bond donors (Lipinski definition) is 0. The molecular formula is C12H9ClINO. The van der Waals surface area contributed by atoms with Crippen molar-refractivity contribution in [2.24, 2.45) is 5.92 Å². The standard InChI is InChI=1S/C12H9ClINO/c1-2-8-5-12(16)15(7-8)11-6-9(13)3-4-10(11)14/h1,3-4,6,8H,5,7H2. The lowest BCUT2D eigenvalue weighted by Crippen LogP contribution is -2.25. The van der Waals surface area contributed by atoms with Crippen LogP contribution in [0.3, 0.4) is 0 Å². The molecule has 0 aromatic heterocycles. The molecule has 1 saturated heterocycles. The van der Waals surface area contributed by atoms with Crippen LogP contribution >= 0.6 is 34.2 Å². The second-order valence-corrected chi connectivity index (χ2v) is 5.27. The molecule has 0 bridgehead atoms. The van der Waals surface area contributed by atoms with Gasteiger partial charge in [-0.3, -0.25) is 4.79 Å². The highest BCUT2D eigenvalue weighted by Crippen LogP contribution is 2.31. The molecule has 1 unspecified atom stereocenters. The number of benzene rings is 1. The summed E-state index contributed by atoms with van der Waals surface area (Å²) >= 11 is 8.12. The van der Waals surface area contributed by atoms with Crippen LogP contribution in [0.4, 0.5) is 5.69 Å². The number of terminal acetylenes is 1. The summed E-state index contributed by atoms with van der Waals surface area (Å²) in [5.74, 6) is 2.72. The Labute approximate surface area is 113 Å². The minimum atomic E-state index is 0.0160. The van der Waals surface area contributed by atoms with E-state index in [1.54, 1.807) is 11.0 Å². The largest absolute Gasteiger partial charge is 0.310 e. The van der Waals surface area contributed by atoms with Gasteiger partial charge in [-0.1, -0.05) is 11.6 Å². The molecule has 1 atom stereocenters. The van der Waals surface area contributed by atoms with E-state index < -0.39 is 0 Å². The molecule has 4 heteroatoms. The molecule has 0 saturated carbocycles. The summed E-state index contributed by atoms with van der Waals surface area (Å²) in [4.78, 5) is 13.5. The monoisotopic (exact) mass is 345 g/mol. The Kier molecular flexibility index (Phi) is 3.41. The molecule has 0 aliphatic carbocycles. The van der Waals surface area contributed by atoms with Gasteiger partial charge in [-0.05, 0) is 40.8 Å². The van der Waals surface area contributed by atoms with Gasteiger partial charge in [-0.2, -0.15) is 0 Å². The average Bonchev–Trinajstić information content (AvgIpc) is 2.63. The first-order chi connectivity index (χ1) is 7.61. The van der Waals surface area contributed by atoms with E-state index in [1.807, 2.05) is 12.1 Å². The summed E-state index contributed by atoms with van der Waals surface area (Å²) in [6.45, 7) is 0.589. The second-order valence-electron chi connectivity index (χ2n) is 3.67. The van der Waals surface area contributed by atoms with Gasteiger partial charge < -0.3 is 4.90 Å². The first-order valence-corrected chi connectivity index (χ1v) is 6.29. The smallest absolute Gasteiger partial charge is 0.228 e. The molecule has 1 aliphatic rings. The van der Waals surface area contributed by atoms with E-state index in [0.717, 1.165) is 9.26 Å². The van der Waals surface area contributed by atoms with Crippen molar-refractivity contribution in [1.82, 2.24) is 0 Å². The number of rotatable bonds is 1. The topological polar surface area (TPSA) is 20.3 Å². The molecule has 16 heavy (non-hydrogen) atoms. The van der Waals surface area contributed by atoms with Gasteiger partial charge in [0.2, 0.25) is 5.91 Å². The first-order valence-electron chi connectivity index (χ1n) is 4.83. The highest BCUT2D eigenvalue weighted by atomic mass is 127. The van der Waals surface area contributed by atoms with Gasteiger partial charge in [-0.25, -0.2) is 0 Å². The lowest BCUT2D eigenvalue weighted by molar-refractivity contribution is -0.117. The van der Waals surface area contributed by atoms with Crippen LogP contribution in [0, 0.1) is 21.8 Å². The highest BCUT2D eigenvalue weighted by Gasteiger charge is 2.30. The van der Waals surface area contributed by atoms with Crippen molar-refractivity contribution >= 4 is 45.8 Å². The van der Waals surface area contributed by atoms with Crippen molar-refractivity contribution in [3.8, 4) is 12.3 Å². The third-order valence-corrected chi connectivity index (χ3v) is 3.71. The zero-order valence-electron chi connectivity index (χ0n) is 8.41. The molecule has 0 radical (unpaired) electrons. The van der Waals surface area contributed by atoms with Crippen LogP contribution in [0.2, 0.25) is 5.02 Å². The van der Waals surface area contributed by atoms with Gasteiger partial charge in [0.05, 0.1) is 5.69 Å². The SMILES string of the molecule is C#CC1CC(=O)N(c2cc(Cl)ccc2I)C1. The Morgan fingerprint density at radius 1 is 1.56 bits per heavy atom. The van der Waals surface area contributed by atoms with Crippen molar-refractivity contribution < 1.29 is 4.79 Å². The van der Waals surface area contributed by atoms with Gasteiger partial charge in [-0.15, -0.1) is 12.3 Å². The van der Waals surface area contributed by atoms with Crippen LogP contribution in [-0.2, 0) is 4.79 Å². The van der Waals surface area contributed by atoms with Crippen molar-refractivity contribution in [3.63, 3.8) is 0 Å². The lowest BCUT2D eigenvalue weighted by atomic mass is 10.1. The van der Waals surface area contributed by atoms with Gasteiger partial charge in [0.1, 0.15) is 0 Å². The number of nitrogens with zero attached hydrogens (tertiary/aromatic N) is 1. The molecule has 0 spiro atoms. The summed E-state index contributed by atoms with van der Waals surface area (Å²) in [6, 6.07) is 5.51. The van der Waals surface area contributed by atoms with Crippen LogP contribution in [0.5, 0.6) is 0 Å². The number of anilines is 1. The van der Waals surface area contributed by atoms with E-state index in [4.69, 9.17) is 18.0 Å². The Balaban J connectivity index is 2.35. The van der Waals surface area contributed by atoms with Gasteiger partial charge in [0, 0.05) is 27.5 Å². The second kappa shape index (κ2) is 4.64. The fourth-order valence-electron chi connectivity index (χ4n) is 1.74. The van der Waals surface area contributed by atoms with Crippen molar-refractivity contribution in [2.75, 3.05) is 11.4 Å². The molecule has 0 N–H and O–H groups in total. The number of carbonyl (C=O) groups excluding carboxylic acids is 1. The van der Waals surface area contributed by atoms with E-state index in [9.17, 15) is 4.79 Å². The molecule has 2 rings (SSSR count). The molecule has 1 amide bonds. The molecule has 2 nitrogen and oxygen atoms in total. The highest BCUT2D eigenvalue weighted by molar-refractivity contribution is 14.1. The molecule has 1 aromatic carbocycles. The first kappa shape index (κ1) is 11.7. The van der Waals surface area contributed by atoms with E-state index in [2.05, 4.69) is 28.5 Å². The quantitative estimate of drug-likeness (QED) is 0.566. The van der Waals surface area contributed by atoms with E-state index in [1.165, 1.54) is 0 Å². The zero-order valence-corrected chi connectivity index (χ0v) is 11.3. The molecule has 1 aliphatic heterocycles. The maximum absolute atomic E-state index is 11.8. The van der Waals surface area contributed by atoms with Gasteiger partial charge >= 0.3 is 0 Å². The minimum absolute atomic E-state index is 0.0160. The van der Waals surface area contributed by atoms with Crippen LogP contribution < -0.4 is 4.90 Å². The van der Waals surface area contributed by atoms with Gasteiger partial charge in [0.25, 0.3) is 0 Å². The Bertz CT molecular complexity index is 480. The summed E-state index contributed by atoms with van der Waals surface area (Å²) in [5, 5.41) is 0.632. The fraction of sp³-hybridized carbons (Fsp3) is 0.250. The maximum atomic E-state index is 11.8. The van der Waals surface area contributed by atoms with Crippen LogP contribution in [0.25, 0.3) is 0 Å². The molecular weight excluding hydrogens is 336 g/mol. The molecule has 1 aromatic rings. The number of hydrogen-bond acceptors (Lipinski definition) is 1. The maximum Gasteiger partial charge on any atom is 0.228 e. The lowest BCUT2D eigenvalue weighted by Gasteiger charge is -2.17. The van der Waals surface area contributed by atoms with Crippen LogP contribution in [0.1, 0.15) is 6.42 Å². The van der Waals surface area contributed by atoms with Crippen molar-refractivity contribution in [3.05, 3.63) is 26.8 Å². The van der Waals surface area contributed by atoms with Crippen LogP contribution in [-0.4, -0.2) is 12.5 Å². The number of amides is 1. The number of carbonyl (C=O) groups is 1. The zero-order chi connectivity index (χ0) is 11.7.